The fourth-order valence-electron chi connectivity index (χ4n) is 1.56. The number of alkyl halides is 3. The van der Waals surface area contributed by atoms with Crippen molar-refractivity contribution in [1.29, 1.82) is 0 Å². The van der Waals surface area contributed by atoms with Gasteiger partial charge in [-0.1, -0.05) is 0 Å². The molecule has 0 atom stereocenters. The molecule has 0 saturated carbocycles. The summed E-state index contributed by atoms with van der Waals surface area (Å²) in [6, 6.07) is 1.52. The predicted molar refractivity (Wildman–Crippen MR) is 58.1 cm³/mol. The second kappa shape index (κ2) is 4.38. The average Bonchev–Trinajstić information content (AvgIpc) is 2.73. The molecule has 8 heteroatoms. The molecule has 0 aromatic carbocycles. The third-order valence-electron chi connectivity index (χ3n) is 2.45. The molecule has 0 aliphatic carbocycles. The highest BCUT2D eigenvalue weighted by Crippen LogP contribution is 2.29. The van der Waals surface area contributed by atoms with Crippen molar-refractivity contribution in [2.45, 2.75) is 13.1 Å². The molecular formula is C11H8F3N3O2. The highest BCUT2D eigenvalue weighted by Gasteiger charge is 2.33. The van der Waals surface area contributed by atoms with Crippen LogP contribution in [0.2, 0.25) is 0 Å². The number of aromatic carboxylic acids is 1. The van der Waals surface area contributed by atoms with E-state index >= 15 is 0 Å². The number of carboxylic acids is 1. The third kappa shape index (κ3) is 2.42. The van der Waals surface area contributed by atoms with Gasteiger partial charge in [-0.15, -0.1) is 0 Å². The van der Waals surface area contributed by atoms with Crippen LogP contribution in [0.3, 0.4) is 0 Å². The van der Waals surface area contributed by atoms with E-state index in [1.807, 2.05) is 0 Å². The summed E-state index contributed by atoms with van der Waals surface area (Å²) in [5.74, 6) is -1.32. The Labute approximate surface area is 105 Å². The smallest absolute Gasteiger partial charge is 0.433 e. The molecule has 5 nitrogen and oxygen atoms in total. The van der Waals surface area contributed by atoms with Gasteiger partial charge in [0.05, 0.1) is 0 Å². The van der Waals surface area contributed by atoms with Crippen molar-refractivity contribution in [2.24, 2.45) is 0 Å². The summed E-state index contributed by atoms with van der Waals surface area (Å²) in [7, 11) is 0. The number of imidazole rings is 1. The van der Waals surface area contributed by atoms with Crippen LogP contribution in [0.5, 0.6) is 0 Å². The quantitative estimate of drug-likeness (QED) is 0.909. The summed E-state index contributed by atoms with van der Waals surface area (Å²) in [6.07, 6.45) is -1.94. The van der Waals surface area contributed by atoms with E-state index in [1.165, 1.54) is 23.9 Å². The first-order valence-corrected chi connectivity index (χ1v) is 5.12. The molecule has 100 valence electrons. The van der Waals surface area contributed by atoms with Gasteiger partial charge < -0.3 is 5.11 Å². The molecule has 19 heavy (non-hydrogen) atoms. The van der Waals surface area contributed by atoms with Crippen molar-refractivity contribution in [3.63, 3.8) is 0 Å². The number of rotatable bonds is 2. The zero-order chi connectivity index (χ0) is 14.2. The maximum absolute atomic E-state index is 12.6. The van der Waals surface area contributed by atoms with Gasteiger partial charge in [0.1, 0.15) is 17.1 Å². The van der Waals surface area contributed by atoms with Gasteiger partial charge in [0, 0.05) is 12.4 Å². The standard InChI is InChI=1S/C11H8F3N3O2/c1-6-15-4-5-17(6)9-7(10(18)19)2-3-8(16-9)11(12,13)14/h2-5H,1H3,(H,18,19). The molecule has 2 heterocycles. The number of carbonyl (C=O) groups is 1. The molecule has 2 aromatic rings. The minimum absolute atomic E-state index is 0.308. The molecule has 0 aliphatic rings. The Kier molecular flexibility index (Phi) is 3.01. The summed E-state index contributed by atoms with van der Waals surface area (Å²) in [6.45, 7) is 1.54. The molecular weight excluding hydrogens is 263 g/mol. The Bertz CT molecular complexity index is 634. The number of aromatic nitrogens is 3. The summed E-state index contributed by atoms with van der Waals surface area (Å²) in [4.78, 5) is 18.3. The first-order valence-electron chi connectivity index (χ1n) is 5.12. The van der Waals surface area contributed by atoms with Gasteiger partial charge in [0.2, 0.25) is 0 Å². The van der Waals surface area contributed by atoms with Crippen molar-refractivity contribution in [1.82, 2.24) is 14.5 Å². The lowest BCUT2D eigenvalue weighted by Crippen LogP contribution is -2.14. The summed E-state index contributed by atoms with van der Waals surface area (Å²) >= 11 is 0. The monoisotopic (exact) mass is 271 g/mol. The van der Waals surface area contributed by atoms with Crippen LogP contribution in [0.1, 0.15) is 21.9 Å². The van der Waals surface area contributed by atoms with E-state index in [-0.39, 0.29) is 11.4 Å². The minimum Gasteiger partial charge on any atom is -0.478 e. The topological polar surface area (TPSA) is 68.0 Å². The number of pyridine rings is 1. The molecule has 0 amide bonds. The van der Waals surface area contributed by atoms with Crippen LogP contribution in [0, 0.1) is 6.92 Å². The van der Waals surface area contributed by atoms with Crippen molar-refractivity contribution in [3.8, 4) is 5.82 Å². The summed E-state index contributed by atoms with van der Waals surface area (Å²) in [5.41, 5.74) is -1.48. The summed E-state index contributed by atoms with van der Waals surface area (Å²) < 4.78 is 39.0. The van der Waals surface area contributed by atoms with Crippen LogP contribution in [-0.2, 0) is 6.18 Å². The van der Waals surface area contributed by atoms with E-state index in [0.717, 1.165) is 6.07 Å². The van der Waals surface area contributed by atoms with Crippen LogP contribution in [0.25, 0.3) is 5.82 Å². The molecule has 2 rings (SSSR count). The van der Waals surface area contributed by atoms with Crippen LogP contribution in [-0.4, -0.2) is 25.6 Å². The molecule has 0 aliphatic heterocycles. The second-order valence-corrected chi connectivity index (χ2v) is 3.72. The lowest BCUT2D eigenvalue weighted by Gasteiger charge is -2.11. The second-order valence-electron chi connectivity index (χ2n) is 3.72. The largest absolute Gasteiger partial charge is 0.478 e. The van der Waals surface area contributed by atoms with Crippen LogP contribution in [0.15, 0.2) is 24.5 Å². The van der Waals surface area contributed by atoms with Gasteiger partial charge in [-0.05, 0) is 19.1 Å². The average molecular weight is 271 g/mol. The van der Waals surface area contributed by atoms with E-state index in [2.05, 4.69) is 9.97 Å². The van der Waals surface area contributed by atoms with E-state index in [9.17, 15) is 18.0 Å². The maximum atomic E-state index is 12.6. The van der Waals surface area contributed by atoms with E-state index in [1.54, 1.807) is 0 Å². The van der Waals surface area contributed by atoms with Gasteiger partial charge in [-0.25, -0.2) is 14.8 Å². The van der Waals surface area contributed by atoms with E-state index < -0.39 is 17.8 Å². The Morgan fingerprint density at radius 3 is 2.53 bits per heavy atom. The lowest BCUT2D eigenvalue weighted by molar-refractivity contribution is -0.141. The van der Waals surface area contributed by atoms with Gasteiger partial charge in [-0.2, -0.15) is 13.2 Å². The lowest BCUT2D eigenvalue weighted by atomic mass is 10.2. The van der Waals surface area contributed by atoms with Crippen LogP contribution < -0.4 is 0 Å². The number of carboxylic acid groups (broad SMARTS) is 1. The van der Waals surface area contributed by atoms with Gasteiger partial charge in [0.15, 0.2) is 5.82 Å². The molecule has 0 saturated heterocycles. The van der Waals surface area contributed by atoms with Crippen molar-refractivity contribution >= 4 is 5.97 Å². The highest BCUT2D eigenvalue weighted by atomic mass is 19.4. The SMILES string of the molecule is Cc1nccn1-c1nc(C(F)(F)F)ccc1C(=O)O. The maximum Gasteiger partial charge on any atom is 0.433 e. The van der Waals surface area contributed by atoms with Crippen molar-refractivity contribution in [3.05, 3.63) is 41.6 Å². The molecule has 2 aromatic heterocycles. The fourth-order valence-corrected chi connectivity index (χ4v) is 1.56. The van der Waals surface area contributed by atoms with E-state index in [4.69, 9.17) is 5.11 Å². The predicted octanol–water partition coefficient (Wildman–Crippen LogP) is 2.29. The van der Waals surface area contributed by atoms with Gasteiger partial charge in [0.25, 0.3) is 0 Å². The molecule has 1 N–H and O–H groups in total. The Morgan fingerprint density at radius 2 is 2.05 bits per heavy atom. The number of halogens is 3. The fraction of sp³-hybridized carbons (Fsp3) is 0.182. The van der Waals surface area contributed by atoms with E-state index in [0.29, 0.717) is 11.9 Å². The Morgan fingerprint density at radius 1 is 1.37 bits per heavy atom. The molecule has 0 radical (unpaired) electrons. The van der Waals surface area contributed by atoms with Crippen molar-refractivity contribution in [2.75, 3.05) is 0 Å². The molecule has 0 fully saturated rings. The molecule has 0 unspecified atom stereocenters. The summed E-state index contributed by atoms with van der Waals surface area (Å²) in [5, 5.41) is 8.99. The highest BCUT2D eigenvalue weighted by molar-refractivity contribution is 5.91. The zero-order valence-electron chi connectivity index (χ0n) is 9.64. The molecule has 0 bridgehead atoms. The normalized spacial score (nSPS) is 11.6. The number of aryl methyl sites for hydroxylation is 1. The number of nitrogens with zero attached hydrogens (tertiary/aromatic N) is 3. The number of hydrogen-bond acceptors (Lipinski definition) is 3. The first kappa shape index (κ1) is 13.1. The van der Waals surface area contributed by atoms with Crippen LogP contribution >= 0.6 is 0 Å². The molecule has 0 spiro atoms. The van der Waals surface area contributed by atoms with Gasteiger partial charge >= 0.3 is 12.1 Å². The Balaban J connectivity index is 2.68. The van der Waals surface area contributed by atoms with Gasteiger partial charge in [-0.3, -0.25) is 4.57 Å². The zero-order valence-corrected chi connectivity index (χ0v) is 9.64. The van der Waals surface area contributed by atoms with Crippen LogP contribution in [0.4, 0.5) is 13.2 Å². The third-order valence-corrected chi connectivity index (χ3v) is 2.45. The number of hydrogen-bond donors (Lipinski definition) is 1. The minimum atomic E-state index is -4.64. The Hall–Kier alpha value is -2.38. The first-order chi connectivity index (χ1) is 8.80. The van der Waals surface area contributed by atoms with Crippen molar-refractivity contribution < 1.29 is 23.1 Å².